The predicted molar refractivity (Wildman–Crippen MR) is 149 cm³/mol. The van der Waals surface area contributed by atoms with E-state index in [-0.39, 0.29) is 11.6 Å². The van der Waals surface area contributed by atoms with E-state index >= 15 is 0 Å². The second kappa shape index (κ2) is 11.7. The van der Waals surface area contributed by atoms with Crippen molar-refractivity contribution in [1.82, 2.24) is 0 Å². The molecule has 39 heavy (non-hydrogen) atoms. The molecule has 5 rings (SSSR count). The highest BCUT2D eigenvalue weighted by molar-refractivity contribution is 8.00. The first-order chi connectivity index (χ1) is 19.0. The number of benzene rings is 4. The van der Waals surface area contributed by atoms with Crippen molar-refractivity contribution in [2.45, 2.75) is 10.1 Å². The average molecular weight is 542 g/mol. The lowest BCUT2D eigenvalue weighted by Crippen LogP contribution is -2.20. The highest BCUT2D eigenvalue weighted by atomic mass is 32.2. The first-order valence-corrected chi connectivity index (χ1v) is 12.9. The minimum absolute atomic E-state index is 0.0913. The molecular weight excluding hydrogens is 518 g/mol. The Balaban J connectivity index is 1.32. The molecule has 0 spiro atoms. The van der Waals surface area contributed by atoms with E-state index in [4.69, 9.17) is 9.47 Å². The van der Waals surface area contributed by atoms with Gasteiger partial charge >= 0.3 is 0 Å². The van der Waals surface area contributed by atoms with E-state index < -0.39 is 16.1 Å². The molecule has 1 aliphatic rings. The van der Waals surface area contributed by atoms with Gasteiger partial charge in [0.15, 0.2) is 11.5 Å². The van der Waals surface area contributed by atoms with E-state index in [1.54, 1.807) is 36.4 Å². The normalized spacial score (nSPS) is 12.7. The number of ether oxygens (including phenoxy) is 2. The number of carbonyl (C=O) groups excluding carboxylic acids is 2. The van der Waals surface area contributed by atoms with Gasteiger partial charge in [0.25, 0.3) is 11.6 Å². The third kappa shape index (κ3) is 6.36. The molecule has 0 aromatic heterocycles. The van der Waals surface area contributed by atoms with Crippen LogP contribution in [-0.2, 0) is 4.79 Å². The number of nitrogens with zero attached hydrogens (tertiary/aromatic N) is 1. The van der Waals surface area contributed by atoms with Crippen LogP contribution in [0.1, 0.15) is 21.2 Å². The molecule has 10 heteroatoms. The average Bonchev–Trinajstić information content (AvgIpc) is 2.96. The van der Waals surface area contributed by atoms with Gasteiger partial charge in [0.1, 0.15) is 18.5 Å². The van der Waals surface area contributed by atoms with Crippen LogP contribution < -0.4 is 20.1 Å². The van der Waals surface area contributed by atoms with Crippen LogP contribution in [0, 0.1) is 10.1 Å². The molecule has 1 heterocycles. The number of non-ortho nitro benzene ring substituents is 1. The SMILES string of the molecule is O=C(Nc1cccc(SC(C(=O)Nc2ccc3c(c2)OCCO3)c2ccccc2)c1)c1ccc([N+](=O)[O-])cc1. The summed E-state index contributed by atoms with van der Waals surface area (Å²) in [4.78, 5) is 37.3. The zero-order valence-corrected chi connectivity index (χ0v) is 21.4. The van der Waals surface area contributed by atoms with Crippen molar-refractivity contribution in [1.29, 1.82) is 0 Å². The van der Waals surface area contributed by atoms with Crippen LogP contribution in [-0.4, -0.2) is 30.0 Å². The Bertz CT molecular complexity index is 1510. The lowest BCUT2D eigenvalue weighted by Gasteiger charge is -2.20. The molecule has 0 radical (unpaired) electrons. The fourth-order valence-electron chi connectivity index (χ4n) is 3.95. The number of amides is 2. The fourth-order valence-corrected chi connectivity index (χ4v) is 5.03. The maximum Gasteiger partial charge on any atom is 0.269 e. The molecule has 1 aliphatic heterocycles. The van der Waals surface area contributed by atoms with E-state index in [1.807, 2.05) is 36.4 Å². The zero-order valence-electron chi connectivity index (χ0n) is 20.5. The zero-order chi connectivity index (χ0) is 27.2. The highest BCUT2D eigenvalue weighted by Gasteiger charge is 2.23. The molecule has 0 bridgehead atoms. The molecule has 4 aromatic rings. The number of nitrogens with one attached hydrogen (secondary N) is 2. The lowest BCUT2D eigenvalue weighted by atomic mass is 10.1. The molecule has 0 saturated carbocycles. The molecule has 1 unspecified atom stereocenters. The van der Waals surface area contributed by atoms with Gasteiger partial charge in [0.2, 0.25) is 5.91 Å². The van der Waals surface area contributed by atoms with Gasteiger partial charge in [-0.1, -0.05) is 36.4 Å². The lowest BCUT2D eigenvalue weighted by molar-refractivity contribution is -0.384. The Kier molecular flexibility index (Phi) is 7.74. The predicted octanol–water partition coefficient (Wildman–Crippen LogP) is 6.09. The number of anilines is 2. The number of hydrogen-bond acceptors (Lipinski definition) is 7. The summed E-state index contributed by atoms with van der Waals surface area (Å²) in [6.45, 7) is 0.933. The van der Waals surface area contributed by atoms with Crippen LogP contribution in [0.5, 0.6) is 11.5 Å². The minimum Gasteiger partial charge on any atom is -0.486 e. The van der Waals surface area contributed by atoms with Crippen molar-refractivity contribution in [2.75, 3.05) is 23.8 Å². The van der Waals surface area contributed by atoms with Gasteiger partial charge in [-0.3, -0.25) is 19.7 Å². The molecule has 0 fully saturated rings. The van der Waals surface area contributed by atoms with Crippen molar-refractivity contribution in [3.8, 4) is 11.5 Å². The fraction of sp³-hybridized carbons (Fsp3) is 0.103. The Morgan fingerprint density at radius 1 is 0.795 bits per heavy atom. The first-order valence-electron chi connectivity index (χ1n) is 12.0. The molecule has 2 N–H and O–H groups in total. The number of rotatable bonds is 8. The van der Waals surface area contributed by atoms with Crippen molar-refractivity contribution >= 4 is 40.6 Å². The van der Waals surface area contributed by atoms with Gasteiger partial charge < -0.3 is 20.1 Å². The number of fused-ring (bicyclic) bond motifs is 1. The smallest absolute Gasteiger partial charge is 0.269 e. The summed E-state index contributed by atoms with van der Waals surface area (Å²) in [5.74, 6) is 0.603. The van der Waals surface area contributed by atoms with Gasteiger partial charge in [-0.05, 0) is 48.0 Å². The summed E-state index contributed by atoms with van der Waals surface area (Å²) in [5.41, 5.74) is 2.14. The van der Waals surface area contributed by atoms with E-state index in [0.717, 1.165) is 10.5 Å². The van der Waals surface area contributed by atoms with Crippen LogP contribution in [0.4, 0.5) is 17.1 Å². The summed E-state index contributed by atoms with van der Waals surface area (Å²) >= 11 is 1.35. The molecule has 4 aromatic carbocycles. The molecule has 0 saturated heterocycles. The monoisotopic (exact) mass is 541 g/mol. The molecule has 9 nitrogen and oxygen atoms in total. The molecular formula is C29H23N3O6S. The third-order valence-electron chi connectivity index (χ3n) is 5.84. The summed E-state index contributed by atoms with van der Waals surface area (Å²) in [7, 11) is 0. The third-order valence-corrected chi connectivity index (χ3v) is 7.08. The van der Waals surface area contributed by atoms with Crippen LogP contribution >= 0.6 is 11.8 Å². The molecule has 196 valence electrons. The largest absolute Gasteiger partial charge is 0.486 e. The van der Waals surface area contributed by atoms with Gasteiger partial charge in [-0.25, -0.2) is 0 Å². The second-order valence-corrected chi connectivity index (χ2v) is 9.72. The Morgan fingerprint density at radius 2 is 1.51 bits per heavy atom. The topological polar surface area (TPSA) is 120 Å². The summed E-state index contributed by atoms with van der Waals surface area (Å²) in [5, 5.41) is 16.1. The first kappa shape index (κ1) is 25.8. The van der Waals surface area contributed by atoms with Gasteiger partial charge in [0, 0.05) is 40.0 Å². The van der Waals surface area contributed by atoms with Gasteiger partial charge in [-0.2, -0.15) is 0 Å². The number of carbonyl (C=O) groups is 2. The molecule has 1 atom stereocenters. The number of nitro groups is 1. The summed E-state index contributed by atoms with van der Waals surface area (Å²) in [6.07, 6.45) is 0. The van der Waals surface area contributed by atoms with Crippen molar-refractivity contribution < 1.29 is 24.0 Å². The van der Waals surface area contributed by atoms with Crippen LogP contribution in [0.25, 0.3) is 0 Å². The minimum atomic E-state index is -0.583. The summed E-state index contributed by atoms with van der Waals surface area (Å²) in [6, 6.07) is 27.2. The second-order valence-electron chi connectivity index (χ2n) is 8.54. The Morgan fingerprint density at radius 3 is 2.26 bits per heavy atom. The number of hydrogen-bond donors (Lipinski definition) is 2. The van der Waals surface area contributed by atoms with Crippen molar-refractivity contribution in [2.24, 2.45) is 0 Å². The number of nitro benzene ring substituents is 1. The quantitative estimate of drug-likeness (QED) is 0.157. The Hall–Kier alpha value is -4.83. The molecule has 0 aliphatic carbocycles. The maximum absolute atomic E-state index is 13.5. The van der Waals surface area contributed by atoms with Crippen molar-refractivity contribution in [3.05, 3.63) is 118 Å². The van der Waals surface area contributed by atoms with Crippen molar-refractivity contribution in [3.63, 3.8) is 0 Å². The van der Waals surface area contributed by atoms with E-state index in [2.05, 4.69) is 10.6 Å². The van der Waals surface area contributed by atoms with E-state index in [9.17, 15) is 19.7 Å². The highest BCUT2D eigenvalue weighted by Crippen LogP contribution is 2.38. The van der Waals surface area contributed by atoms with E-state index in [1.165, 1.54) is 36.0 Å². The van der Waals surface area contributed by atoms with Gasteiger partial charge in [-0.15, -0.1) is 11.8 Å². The van der Waals surface area contributed by atoms with Crippen LogP contribution in [0.15, 0.2) is 102 Å². The summed E-state index contributed by atoms with van der Waals surface area (Å²) < 4.78 is 11.2. The van der Waals surface area contributed by atoms with Crippen LogP contribution in [0.3, 0.4) is 0 Å². The number of thioether (sulfide) groups is 1. The standard InChI is InChI=1S/C29H23N3O6S/c33-28(20-9-12-23(13-10-20)32(35)36)30-21-7-4-8-24(17-21)39-27(19-5-2-1-3-6-19)29(34)31-22-11-14-25-26(18-22)38-16-15-37-25/h1-14,17-18,27H,15-16H2,(H,30,33)(H,31,34). The maximum atomic E-state index is 13.5. The molecule has 2 amide bonds. The van der Waals surface area contributed by atoms with Crippen LogP contribution in [0.2, 0.25) is 0 Å². The Labute approximate surface area is 228 Å². The van der Waals surface area contributed by atoms with Gasteiger partial charge in [0.05, 0.1) is 4.92 Å². The van der Waals surface area contributed by atoms with E-state index in [0.29, 0.717) is 41.7 Å².